The van der Waals surface area contributed by atoms with E-state index in [4.69, 9.17) is 0 Å². The maximum Gasteiger partial charge on any atom is 0.253 e. The van der Waals surface area contributed by atoms with Gasteiger partial charge in [-0.2, -0.15) is 5.10 Å². The Morgan fingerprint density at radius 3 is 2.96 bits per heavy atom. The largest absolute Gasteiger partial charge is 0.351 e. The van der Waals surface area contributed by atoms with Crippen LogP contribution in [0.4, 0.5) is 0 Å². The zero-order chi connectivity index (χ0) is 16.2. The molecule has 0 unspecified atom stereocenters. The minimum Gasteiger partial charge on any atom is -0.351 e. The summed E-state index contributed by atoms with van der Waals surface area (Å²) in [5.74, 6) is 0.622. The molecule has 3 aromatic rings. The zero-order valence-electron chi connectivity index (χ0n) is 13.0. The molecule has 3 rings (SSSR count). The third-order valence-electron chi connectivity index (χ3n) is 3.42. The molecule has 0 aliphatic rings. The van der Waals surface area contributed by atoms with Crippen molar-refractivity contribution in [2.24, 2.45) is 0 Å². The second-order valence-electron chi connectivity index (χ2n) is 5.21. The number of aromatic amines is 1. The number of H-pyrrole nitrogens is 1. The van der Waals surface area contributed by atoms with Crippen molar-refractivity contribution < 1.29 is 4.79 Å². The maximum atomic E-state index is 12.4. The van der Waals surface area contributed by atoms with Gasteiger partial charge in [0, 0.05) is 17.7 Å². The number of fused-ring (bicyclic) bond motifs is 1. The number of nitrogens with one attached hydrogen (secondary N) is 2. The second kappa shape index (κ2) is 6.78. The van der Waals surface area contributed by atoms with Crippen molar-refractivity contribution in [1.82, 2.24) is 25.5 Å². The molecule has 0 aliphatic carbocycles. The Morgan fingerprint density at radius 1 is 1.30 bits per heavy atom. The van der Waals surface area contributed by atoms with Crippen molar-refractivity contribution in [3.05, 3.63) is 47.4 Å². The molecule has 6 nitrogen and oxygen atoms in total. The lowest BCUT2D eigenvalue weighted by Crippen LogP contribution is -2.26. The fourth-order valence-electron chi connectivity index (χ4n) is 2.29. The Balaban J connectivity index is 1.66. The van der Waals surface area contributed by atoms with Gasteiger partial charge in [-0.25, -0.2) is 4.98 Å². The summed E-state index contributed by atoms with van der Waals surface area (Å²) in [6.45, 7) is 4.44. The van der Waals surface area contributed by atoms with Crippen LogP contribution in [-0.2, 0) is 0 Å². The molecule has 7 heteroatoms. The lowest BCUT2D eigenvalue weighted by atomic mass is 10.1. The summed E-state index contributed by atoms with van der Waals surface area (Å²) in [6, 6.07) is 7.95. The molecule has 118 valence electrons. The van der Waals surface area contributed by atoms with Crippen molar-refractivity contribution in [1.29, 1.82) is 0 Å². The van der Waals surface area contributed by atoms with Crippen molar-refractivity contribution in [3.8, 4) is 0 Å². The van der Waals surface area contributed by atoms with E-state index < -0.39 is 0 Å². The van der Waals surface area contributed by atoms with E-state index in [1.165, 1.54) is 18.1 Å². The van der Waals surface area contributed by atoms with Crippen LogP contribution in [0, 0.1) is 13.8 Å². The van der Waals surface area contributed by atoms with Gasteiger partial charge in [0.2, 0.25) is 0 Å². The maximum absolute atomic E-state index is 12.4. The number of rotatable bonds is 5. The monoisotopic (exact) mass is 327 g/mol. The first-order valence-corrected chi connectivity index (χ1v) is 8.26. The Morgan fingerprint density at radius 2 is 2.17 bits per heavy atom. The average molecular weight is 327 g/mol. The van der Waals surface area contributed by atoms with Crippen LogP contribution in [0.3, 0.4) is 0 Å². The van der Waals surface area contributed by atoms with Crippen molar-refractivity contribution in [2.75, 3.05) is 12.3 Å². The van der Waals surface area contributed by atoms with Gasteiger partial charge in [0.15, 0.2) is 5.16 Å². The smallest absolute Gasteiger partial charge is 0.253 e. The molecule has 1 aromatic carbocycles. The molecule has 0 aliphatic heterocycles. The number of thioether (sulfide) groups is 1. The fraction of sp³-hybridized carbons (Fsp3) is 0.250. The second-order valence-corrected chi connectivity index (χ2v) is 6.30. The summed E-state index contributed by atoms with van der Waals surface area (Å²) < 4.78 is 0. The van der Waals surface area contributed by atoms with Crippen LogP contribution in [0.25, 0.3) is 10.9 Å². The molecule has 2 heterocycles. The van der Waals surface area contributed by atoms with Gasteiger partial charge >= 0.3 is 0 Å². The first-order chi connectivity index (χ1) is 11.1. The van der Waals surface area contributed by atoms with Gasteiger partial charge in [-0.05, 0) is 32.0 Å². The molecule has 0 fully saturated rings. The highest BCUT2D eigenvalue weighted by Gasteiger charge is 2.11. The van der Waals surface area contributed by atoms with Gasteiger partial charge in [-0.15, -0.1) is 0 Å². The first kappa shape index (κ1) is 15.5. The average Bonchev–Trinajstić information content (AvgIpc) is 3.04. The van der Waals surface area contributed by atoms with Crippen LogP contribution < -0.4 is 5.32 Å². The lowest BCUT2D eigenvalue weighted by molar-refractivity contribution is 0.0955. The van der Waals surface area contributed by atoms with E-state index in [9.17, 15) is 4.79 Å². The number of carbonyl (C=O) groups is 1. The molecular formula is C16H17N5OS. The summed E-state index contributed by atoms with van der Waals surface area (Å²) in [6.07, 6.45) is 1.47. The zero-order valence-corrected chi connectivity index (χ0v) is 13.8. The summed E-state index contributed by atoms with van der Waals surface area (Å²) in [7, 11) is 0. The first-order valence-electron chi connectivity index (χ1n) is 7.28. The highest BCUT2D eigenvalue weighted by molar-refractivity contribution is 7.99. The number of aromatic nitrogens is 4. The summed E-state index contributed by atoms with van der Waals surface area (Å²) in [5.41, 5.74) is 3.41. The summed E-state index contributed by atoms with van der Waals surface area (Å²) in [5, 5.41) is 11.2. The van der Waals surface area contributed by atoms with Gasteiger partial charge in [0.25, 0.3) is 5.91 Å². The van der Waals surface area contributed by atoms with E-state index in [0.717, 1.165) is 33.1 Å². The standard InChI is InChI=1S/C16H17N5OS/c1-10-3-4-14-12(7-10)8-13(11(2)20-14)15(22)17-5-6-23-16-18-9-19-21-16/h3-4,7-9H,5-6H2,1-2H3,(H,17,22)(H,18,19,21). The Hall–Kier alpha value is -2.41. The Kier molecular flexibility index (Phi) is 4.57. The van der Waals surface area contributed by atoms with E-state index in [1.54, 1.807) is 0 Å². The number of hydrogen-bond donors (Lipinski definition) is 2. The molecule has 0 spiro atoms. The number of amides is 1. The molecule has 2 N–H and O–H groups in total. The molecule has 0 atom stereocenters. The molecule has 0 bridgehead atoms. The normalized spacial score (nSPS) is 10.9. The Labute approximate surface area is 138 Å². The molecular weight excluding hydrogens is 310 g/mol. The third-order valence-corrected chi connectivity index (χ3v) is 4.30. The van der Waals surface area contributed by atoms with E-state index in [2.05, 4.69) is 25.5 Å². The van der Waals surface area contributed by atoms with E-state index in [0.29, 0.717) is 12.1 Å². The molecule has 1 amide bonds. The summed E-state index contributed by atoms with van der Waals surface area (Å²) >= 11 is 1.51. The molecule has 0 saturated carbocycles. The van der Waals surface area contributed by atoms with Crippen LogP contribution in [0.2, 0.25) is 0 Å². The van der Waals surface area contributed by atoms with Gasteiger partial charge < -0.3 is 5.32 Å². The third kappa shape index (κ3) is 3.68. The highest BCUT2D eigenvalue weighted by atomic mass is 32.2. The minimum absolute atomic E-state index is 0.100. The topological polar surface area (TPSA) is 83.6 Å². The molecule has 23 heavy (non-hydrogen) atoms. The predicted octanol–water partition coefficient (Wildman–Crippen LogP) is 2.49. The van der Waals surface area contributed by atoms with E-state index >= 15 is 0 Å². The number of aryl methyl sites for hydroxylation is 2. The van der Waals surface area contributed by atoms with Crippen LogP contribution in [0.5, 0.6) is 0 Å². The lowest BCUT2D eigenvalue weighted by Gasteiger charge is -2.09. The highest BCUT2D eigenvalue weighted by Crippen LogP contribution is 2.18. The van der Waals surface area contributed by atoms with Crippen LogP contribution in [-0.4, -0.2) is 38.4 Å². The quantitative estimate of drug-likeness (QED) is 0.556. The molecule has 2 aromatic heterocycles. The SMILES string of the molecule is Cc1ccc2nc(C)c(C(=O)NCCSc3ncn[nH]3)cc2c1. The van der Waals surface area contributed by atoms with Crippen LogP contribution >= 0.6 is 11.8 Å². The number of hydrogen-bond acceptors (Lipinski definition) is 5. The van der Waals surface area contributed by atoms with Crippen molar-refractivity contribution >= 4 is 28.6 Å². The van der Waals surface area contributed by atoms with Gasteiger partial charge in [0.1, 0.15) is 6.33 Å². The summed E-state index contributed by atoms with van der Waals surface area (Å²) in [4.78, 5) is 20.9. The van der Waals surface area contributed by atoms with Crippen molar-refractivity contribution in [3.63, 3.8) is 0 Å². The number of pyridine rings is 1. The molecule has 0 saturated heterocycles. The van der Waals surface area contributed by atoms with Crippen LogP contribution in [0.15, 0.2) is 35.7 Å². The van der Waals surface area contributed by atoms with Gasteiger partial charge in [0.05, 0.1) is 16.8 Å². The van der Waals surface area contributed by atoms with Crippen molar-refractivity contribution in [2.45, 2.75) is 19.0 Å². The Bertz CT molecular complexity index is 832. The van der Waals surface area contributed by atoms with Crippen LogP contribution in [0.1, 0.15) is 21.6 Å². The number of benzene rings is 1. The number of nitrogens with zero attached hydrogens (tertiary/aromatic N) is 3. The molecule has 0 radical (unpaired) electrons. The minimum atomic E-state index is -0.100. The van der Waals surface area contributed by atoms with Gasteiger partial charge in [-0.3, -0.25) is 14.9 Å². The number of carbonyl (C=O) groups excluding carboxylic acids is 1. The van der Waals surface area contributed by atoms with Gasteiger partial charge in [-0.1, -0.05) is 23.4 Å². The van der Waals surface area contributed by atoms with E-state index in [1.807, 2.05) is 38.1 Å². The fourth-order valence-corrected chi connectivity index (χ4v) is 2.93. The predicted molar refractivity (Wildman–Crippen MR) is 90.7 cm³/mol. The van der Waals surface area contributed by atoms with E-state index in [-0.39, 0.29) is 5.91 Å².